The van der Waals surface area contributed by atoms with E-state index in [2.05, 4.69) is 24.3 Å². The molecule has 0 saturated heterocycles. The highest BCUT2D eigenvalue weighted by molar-refractivity contribution is 5.99. The fourth-order valence-electron chi connectivity index (χ4n) is 4.57. The van der Waals surface area contributed by atoms with E-state index in [0.717, 1.165) is 35.4 Å². The summed E-state index contributed by atoms with van der Waals surface area (Å²) in [6.45, 7) is 8.42. The number of carbonyl (C=O) groups is 1. The molecule has 1 fully saturated rings. The number of nitrogens with one attached hydrogen (secondary N) is 1. The van der Waals surface area contributed by atoms with Crippen molar-refractivity contribution in [2.24, 2.45) is 11.8 Å². The second kappa shape index (κ2) is 8.17. The van der Waals surface area contributed by atoms with Crippen LogP contribution in [-0.2, 0) is 6.42 Å². The standard InChI is InChI=1S/C24H29FN4O/c1-14-6-5-7-22(15(14)2)28-24(30)21-13-26-29-17(4)20(16(3)27-23(21)29)12-18-8-10-19(25)11-9-18/h8-11,13-15,22H,5-7,12H2,1-4H3,(H,28,30)/t14-,15+,22-/m1/s1. The van der Waals surface area contributed by atoms with Crippen molar-refractivity contribution < 1.29 is 9.18 Å². The highest BCUT2D eigenvalue weighted by Gasteiger charge is 2.29. The maximum atomic E-state index is 13.2. The van der Waals surface area contributed by atoms with Gasteiger partial charge in [0.05, 0.1) is 6.20 Å². The van der Waals surface area contributed by atoms with Gasteiger partial charge in [0.25, 0.3) is 5.91 Å². The molecule has 2 heterocycles. The van der Waals surface area contributed by atoms with Crippen LogP contribution in [0.5, 0.6) is 0 Å². The lowest BCUT2D eigenvalue weighted by Gasteiger charge is -2.34. The maximum absolute atomic E-state index is 13.2. The smallest absolute Gasteiger partial charge is 0.256 e. The largest absolute Gasteiger partial charge is 0.349 e. The van der Waals surface area contributed by atoms with Gasteiger partial charge in [-0.05, 0) is 55.4 Å². The monoisotopic (exact) mass is 408 g/mol. The van der Waals surface area contributed by atoms with Crippen LogP contribution in [0.2, 0.25) is 0 Å². The van der Waals surface area contributed by atoms with Gasteiger partial charge in [-0.1, -0.05) is 38.8 Å². The second-order valence-electron chi connectivity index (χ2n) is 8.71. The Morgan fingerprint density at radius 1 is 1.20 bits per heavy atom. The van der Waals surface area contributed by atoms with Gasteiger partial charge in [-0.25, -0.2) is 13.9 Å². The number of rotatable bonds is 4. The molecule has 0 unspecified atom stereocenters. The number of amides is 1. The molecule has 2 aromatic heterocycles. The molecule has 0 bridgehead atoms. The Balaban J connectivity index is 1.62. The summed E-state index contributed by atoms with van der Waals surface area (Å²) in [5.41, 5.74) is 4.95. The van der Waals surface area contributed by atoms with Gasteiger partial charge in [-0.2, -0.15) is 5.10 Å². The molecule has 1 N–H and O–H groups in total. The number of carbonyl (C=O) groups excluding carboxylic acids is 1. The van der Waals surface area contributed by atoms with E-state index in [0.29, 0.717) is 29.5 Å². The van der Waals surface area contributed by atoms with Crippen molar-refractivity contribution in [3.05, 3.63) is 64.4 Å². The molecule has 1 aliphatic carbocycles. The molecule has 6 heteroatoms. The van der Waals surface area contributed by atoms with Gasteiger partial charge in [0.1, 0.15) is 11.4 Å². The van der Waals surface area contributed by atoms with Crippen LogP contribution in [0.1, 0.15) is 66.0 Å². The molecule has 1 aromatic carbocycles. The SMILES string of the molecule is Cc1nc2c(C(=O)N[C@@H]3CCC[C@@H](C)[C@@H]3C)cnn2c(C)c1Cc1ccc(F)cc1. The van der Waals surface area contributed by atoms with Crippen molar-refractivity contribution in [3.8, 4) is 0 Å². The van der Waals surface area contributed by atoms with Crippen LogP contribution in [0.4, 0.5) is 4.39 Å². The first-order valence-electron chi connectivity index (χ1n) is 10.7. The van der Waals surface area contributed by atoms with E-state index in [1.165, 1.54) is 18.6 Å². The third-order valence-electron chi connectivity index (χ3n) is 6.77. The zero-order valence-corrected chi connectivity index (χ0v) is 18.1. The molecule has 158 valence electrons. The van der Waals surface area contributed by atoms with Gasteiger partial charge in [-0.15, -0.1) is 0 Å². The summed E-state index contributed by atoms with van der Waals surface area (Å²) in [6, 6.07) is 6.70. The summed E-state index contributed by atoms with van der Waals surface area (Å²) in [5, 5.41) is 7.68. The fourth-order valence-corrected chi connectivity index (χ4v) is 4.57. The van der Waals surface area contributed by atoms with Gasteiger partial charge in [0, 0.05) is 23.9 Å². The maximum Gasteiger partial charge on any atom is 0.256 e. The predicted molar refractivity (Wildman–Crippen MR) is 115 cm³/mol. The second-order valence-corrected chi connectivity index (χ2v) is 8.71. The summed E-state index contributed by atoms with van der Waals surface area (Å²) in [6.07, 6.45) is 5.64. The Morgan fingerprint density at radius 2 is 1.93 bits per heavy atom. The Labute approximate surface area is 176 Å². The van der Waals surface area contributed by atoms with Crippen LogP contribution >= 0.6 is 0 Å². The van der Waals surface area contributed by atoms with Crippen molar-refractivity contribution in [2.75, 3.05) is 0 Å². The van der Waals surface area contributed by atoms with Gasteiger partial charge in [-0.3, -0.25) is 4.79 Å². The fraction of sp³-hybridized carbons (Fsp3) is 0.458. The number of aryl methyl sites for hydroxylation is 2. The number of aromatic nitrogens is 3. The van der Waals surface area contributed by atoms with Crippen LogP contribution in [0.15, 0.2) is 30.5 Å². The molecule has 0 spiro atoms. The Bertz CT molecular complexity index is 1070. The van der Waals surface area contributed by atoms with E-state index < -0.39 is 0 Å². The van der Waals surface area contributed by atoms with E-state index in [1.54, 1.807) is 22.8 Å². The molecule has 1 saturated carbocycles. The third kappa shape index (κ3) is 3.83. The summed E-state index contributed by atoms with van der Waals surface area (Å²) in [5.74, 6) is 0.728. The van der Waals surface area contributed by atoms with Gasteiger partial charge in [0.15, 0.2) is 5.65 Å². The lowest BCUT2D eigenvalue weighted by Crippen LogP contribution is -2.43. The normalized spacial score (nSPS) is 21.7. The van der Waals surface area contributed by atoms with Gasteiger partial charge in [0.2, 0.25) is 0 Å². The number of benzene rings is 1. The number of hydrogen-bond donors (Lipinski definition) is 1. The molecule has 1 aliphatic rings. The highest BCUT2D eigenvalue weighted by atomic mass is 19.1. The van der Waals surface area contributed by atoms with E-state index >= 15 is 0 Å². The minimum absolute atomic E-state index is 0.103. The minimum atomic E-state index is -0.245. The Hall–Kier alpha value is -2.76. The first-order valence-corrected chi connectivity index (χ1v) is 10.7. The number of nitrogens with zero attached hydrogens (tertiary/aromatic N) is 3. The first kappa shape index (κ1) is 20.5. The molecular formula is C24H29FN4O. The Kier molecular flexibility index (Phi) is 5.58. The van der Waals surface area contributed by atoms with Gasteiger partial charge >= 0.3 is 0 Å². The van der Waals surface area contributed by atoms with Crippen LogP contribution in [0.3, 0.4) is 0 Å². The minimum Gasteiger partial charge on any atom is -0.349 e. The quantitative estimate of drug-likeness (QED) is 0.685. The molecule has 30 heavy (non-hydrogen) atoms. The van der Waals surface area contributed by atoms with Crippen molar-refractivity contribution in [2.45, 2.75) is 59.4 Å². The van der Waals surface area contributed by atoms with Crippen molar-refractivity contribution in [3.63, 3.8) is 0 Å². The molecule has 4 rings (SSSR count). The van der Waals surface area contributed by atoms with E-state index in [4.69, 9.17) is 4.98 Å². The van der Waals surface area contributed by atoms with Crippen LogP contribution < -0.4 is 5.32 Å². The zero-order chi connectivity index (χ0) is 21.4. The van der Waals surface area contributed by atoms with Crippen molar-refractivity contribution in [1.82, 2.24) is 19.9 Å². The summed E-state index contributed by atoms with van der Waals surface area (Å²) in [4.78, 5) is 17.8. The summed E-state index contributed by atoms with van der Waals surface area (Å²) < 4.78 is 15.0. The molecule has 5 nitrogen and oxygen atoms in total. The Morgan fingerprint density at radius 3 is 2.67 bits per heavy atom. The molecule has 0 radical (unpaired) electrons. The highest BCUT2D eigenvalue weighted by Crippen LogP contribution is 2.30. The number of halogens is 1. The van der Waals surface area contributed by atoms with E-state index in [-0.39, 0.29) is 17.8 Å². The first-order chi connectivity index (χ1) is 14.3. The summed E-state index contributed by atoms with van der Waals surface area (Å²) >= 11 is 0. The molecule has 3 atom stereocenters. The summed E-state index contributed by atoms with van der Waals surface area (Å²) in [7, 11) is 0. The zero-order valence-electron chi connectivity index (χ0n) is 18.1. The molecule has 0 aliphatic heterocycles. The number of hydrogen-bond acceptors (Lipinski definition) is 3. The van der Waals surface area contributed by atoms with E-state index in [1.807, 2.05) is 13.8 Å². The molecule has 1 amide bonds. The lowest BCUT2D eigenvalue weighted by molar-refractivity contribution is 0.0892. The topological polar surface area (TPSA) is 59.3 Å². The van der Waals surface area contributed by atoms with Crippen LogP contribution in [0, 0.1) is 31.5 Å². The van der Waals surface area contributed by atoms with Crippen LogP contribution in [-0.4, -0.2) is 26.5 Å². The molecular weight excluding hydrogens is 379 g/mol. The average molecular weight is 409 g/mol. The number of fused-ring (bicyclic) bond motifs is 1. The predicted octanol–water partition coefficient (Wildman–Crippen LogP) is 4.63. The van der Waals surface area contributed by atoms with E-state index in [9.17, 15) is 9.18 Å². The van der Waals surface area contributed by atoms with Crippen molar-refractivity contribution in [1.29, 1.82) is 0 Å². The molecule has 3 aromatic rings. The van der Waals surface area contributed by atoms with Crippen LogP contribution in [0.25, 0.3) is 5.65 Å². The third-order valence-corrected chi connectivity index (χ3v) is 6.77. The lowest BCUT2D eigenvalue weighted by atomic mass is 9.78. The van der Waals surface area contributed by atoms with Crippen molar-refractivity contribution >= 4 is 11.6 Å². The average Bonchev–Trinajstić information content (AvgIpc) is 3.14. The van der Waals surface area contributed by atoms with Gasteiger partial charge < -0.3 is 5.32 Å².